The molecule has 1 aromatic carbocycles. The Kier molecular flexibility index (Phi) is 4.63. The van der Waals surface area contributed by atoms with Crippen molar-refractivity contribution < 1.29 is 28.8 Å². The number of nitrogens with zero attached hydrogens (tertiary/aromatic N) is 1. The quantitative estimate of drug-likeness (QED) is 0.500. The van der Waals surface area contributed by atoms with Gasteiger partial charge in [0, 0.05) is 29.8 Å². The number of fused-ring (bicyclic) bond motifs is 3. The normalized spacial score (nSPS) is 42.8. The van der Waals surface area contributed by atoms with Crippen LogP contribution in [-0.2, 0) is 24.0 Å². The average molecular weight is 440 g/mol. The lowest BCUT2D eigenvalue weighted by Crippen LogP contribution is -2.70. The van der Waals surface area contributed by atoms with Gasteiger partial charge < -0.3 is 14.2 Å². The van der Waals surface area contributed by atoms with E-state index >= 15 is 0 Å². The predicted molar refractivity (Wildman–Crippen MR) is 114 cm³/mol. The van der Waals surface area contributed by atoms with Gasteiger partial charge in [-0.2, -0.15) is 0 Å². The highest BCUT2D eigenvalue weighted by atomic mass is 17.3. The van der Waals surface area contributed by atoms with Crippen LogP contribution in [0.2, 0.25) is 0 Å². The number of para-hydroxylation sites is 1. The Balaban J connectivity index is 1.29. The maximum absolute atomic E-state index is 13.0. The van der Waals surface area contributed by atoms with Crippen LogP contribution in [0.5, 0.6) is 0 Å². The minimum absolute atomic E-state index is 0.0618. The van der Waals surface area contributed by atoms with Crippen molar-refractivity contribution in [2.24, 2.45) is 23.7 Å². The molecule has 2 aromatic rings. The van der Waals surface area contributed by atoms with E-state index in [0.29, 0.717) is 11.5 Å². The lowest BCUT2D eigenvalue weighted by Gasteiger charge is -2.59. The van der Waals surface area contributed by atoms with E-state index in [-0.39, 0.29) is 17.8 Å². The Hall–Kier alpha value is -2.06. The number of pyridine rings is 1. The van der Waals surface area contributed by atoms with E-state index in [1.807, 2.05) is 31.2 Å². The fraction of sp³-hybridized carbons (Fsp3) is 0.600. The van der Waals surface area contributed by atoms with Crippen LogP contribution in [0.4, 0.5) is 0 Å². The summed E-state index contributed by atoms with van der Waals surface area (Å²) in [6.45, 7) is 6.24. The molecule has 5 aliphatic rings. The molecule has 8 atom stereocenters. The van der Waals surface area contributed by atoms with Gasteiger partial charge in [0.25, 0.3) is 0 Å². The Morgan fingerprint density at radius 2 is 1.97 bits per heavy atom. The molecular weight excluding hydrogens is 410 g/mol. The van der Waals surface area contributed by atoms with Crippen LogP contribution in [0.3, 0.4) is 0 Å². The van der Waals surface area contributed by atoms with E-state index in [1.165, 1.54) is 0 Å². The van der Waals surface area contributed by atoms with Gasteiger partial charge in [0.05, 0.1) is 11.1 Å². The summed E-state index contributed by atoms with van der Waals surface area (Å²) < 4.78 is 18.6. The van der Waals surface area contributed by atoms with Crippen LogP contribution in [0.1, 0.15) is 56.8 Å². The Morgan fingerprint density at radius 3 is 2.84 bits per heavy atom. The minimum Gasteiger partial charge on any atom is -0.432 e. The number of carbonyl (C=O) groups is 1. The third kappa shape index (κ3) is 2.95. The van der Waals surface area contributed by atoms with E-state index in [1.54, 1.807) is 12.3 Å². The first-order chi connectivity index (χ1) is 15.4. The fourth-order valence-corrected chi connectivity index (χ4v) is 6.36. The zero-order chi connectivity index (χ0) is 22.1. The molecule has 7 nitrogen and oxygen atoms in total. The third-order valence-corrected chi connectivity index (χ3v) is 8.15. The van der Waals surface area contributed by atoms with Crippen molar-refractivity contribution in [3.63, 3.8) is 0 Å². The number of benzene rings is 1. The lowest BCUT2D eigenvalue weighted by molar-refractivity contribution is -0.576. The second kappa shape index (κ2) is 7.22. The SMILES string of the molecule is C[C@H]1[C@@H](OC(=O)c2cnc3ccccc3c2)O[C@@H]2O[C@@]3(C)CC[C@H]4[C@H](C)CC[C@@H]1[C@@]24OO3. The lowest BCUT2D eigenvalue weighted by atomic mass is 9.58. The number of carbonyl (C=O) groups excluding carboxylic acids is 1. The zero-order valence-corrected chi connectivity index (χ0v) is 18.7. The van der Waals surface area contributed by atoms with E-state index in [4.69, 9.17) is 24.0 Å². The van der Waals surface area contributed by atoms with Gasteiger partial charge in [-0.3, -0.25) is 4.98 Å². The van der Waals surface area contributed by atoms with Gasteiger partial charge in [-0.05, 0) is 50.2 Å². The number of esters is 1. The summed E-state index contributed by atoms with van der Waals surface area (Å²) in [6.07, 6.45) is 3.96. The number of hydrogen-bond donors (Lipinski definition) is 0. The highest BCUT2D eigenvalue weighted by Crippen LogP contribution is 2.60. The van der Waals surface area contributed by atoms with Gasteiger partial charge in [0.1, 0.15) is 0 Å². The van der Waals surface area contributed by atoms with Gasteiger partial charge in [-0.15, -0.1) is 0 Å². The Labute approximate surface area is 187 Å². The van der Waals surface area contributed by atoms with E-state index in [9.17, 15) is 4.79 Å². The molecule has 1 aromatic heterocycles. The molecule has 7 heteroatoms. The first kappa shape index (κ1) is 20.5. The van der Waals surface area contributed by atoms with Gasteiger partial charge in [-0.1, -0.05) is 32.0 Å². The van der Waals surface area contributed by atoms with E-state index in [0.717, 1.165) is 36.6 Å². The maximum Gasteiger partial charge on any atom is 0.342 e. The molecule has 4 saturated heterocycles. The van der Waals surface area contributed by atoms with Gasteiger partial charge in [0.15, 0.2) is 11.9 Å². The Bertz CT molecular complexity index is 1060. The summed E-state index contributed by atoms with van der Waals surface area (Å²) in [5.41, 5.74) is 0.578. The molecule has 7 rings (SSSR count). The first-order valence-electron chi connectivity index (χ1n) is 11.7. The number of rotatable bonds is 2. The van der Waals surface area contributed by atoms with Crippen LogP contribution >= 0.6 is 0 Å². The third-order valence-electron chi connectivity index (χ3n) is 8.15. The van der Waals surface area contributed by atoms with Crippen LogP contribution in [0.15, 0.2) is 36.5 Å². The molecule has 1 saturated carbocycles. The number of aromatic nitrogens is 1. The van der Waals surface area contributed by atoms with Crippen molar-refractivity contribution in [2.45, 2.75) is 70.4 Å². The molecular formula is C25H29NO6. The predicted octanol–water partition coefficient (Wildman–Crippen LogP) is 4.60. The molecule has 0 amide bonds. The summed E-state index contributed by atoms with van der Waals surface area (Å²) >= 11 is 0. The largest absolute Gasteiger partial charge is 0.432 e. The van der Waals surface area contributed by atoms with Gasteiger partial charge in [0.2, 0.25) is 12.1 Å². The molecule has 0 unspecified atom stereocenters. The monoisotopic (exact) mass is 439 g/mol. The van der Waals surface area contributed by atoms with Crippen LogP contribution in [-0.4, -0.2) is 34.9 Å². The molecule has 1 spiro atoms. The molecule has 5 heterocycles. The van der Waals surface area contributed by atoms with E-state index in [2.05, 4.69) is 18.8 Å². The van der Waals surface area contributed by atoms with Crippen LogP contribution < -0.4 is 0 Å². The average Bonchev–Trinajstić information content (AvgIpc) is 3.03. The van der Waals surface area contributed by atoms with Gasteiger partial charge >= 0.3 is 5.97 Å². The van der Waals surface area contributed by atoms with Crippen LogP contribution in [0, 0.1) is 23.7 Å². The molecule has 32 heavy (non-hydrogen) atoms. The molecule has 5 fully saturated rings. The van der Waals surface area contributed by atoms with E-state index < -0.39 is 29.9 Å². The second-order valence-electron chi connectivity index (χ2n) is 10.1. The standard InChI is InChI=1S/C25H29NO6/c1-14-8-9-19-15(2)22(28-21(27)17-12-16-6-4-5-7-20(16)26-13-17)29-23-25(19)18(14)10-11-24(3,30-23)31-32-25/h4-7,12-15,18-19,22-23H,8-11H2,1-3H3/t14-,15-,18+,19+,22+,23-,24-,25-/m1/s1. The van der Waals surface area contributed by atoms with Crippen LogP contribution in [0.25, 0.3) is 10.9 Å². The zero-order valence-electron chi connectivity index (χ0n) is 18.7. The summed E-state index contributed by atoms with van der Waals surface area (Å²) in [6, 6.07) is 9.50. The summed E-state index contributed by atoms with van der Waals surface area (Å²) in [5, 5.41) is 0.894. The molecule has 1 aliphatic carbocycles. The highest BCUT2D eigenvalue weighted by molar-refractivity contribution is 5.93. The van der Waals surface area contributed by atoms with Crippen molar-refractivity contribution in [1.82, 2.24) is 4.98 Å². The molecule has 2 bridgehead atoms. The van der Waals surface area contributed by atoms with Crippen molar-refractivity contribution in [3.8, 4) is 0 Å². The molecule has 170 valence electrons. The van der Waals surface area contributed by atoms with Gasteiger partial charge in [-0.25, -0.2) is 14.6 Å². The highest BCUT2D eigenvalue weighted by Gasteiger charge is 2.69. The van der Waals surface area contributed by atoms with Crippen molar-refractivity contribution in [3.05, 3.63) is 42.1 Å². The minimum atomic E-state index is -0.852. The van der Waals surface area contributed by atoms with Crippen molar-refractivity contribution >= 4 is 16.9 Å². The summed E-state index contributed by atoms with van der Waals surface area (Å²) in [7, 11) is 0. The fourth-order valence-electron chi connectivity index (χ4n) is 6.36. The van der Waals surface area contributed by atoms with Crippen molar-refractivity contribution in [1.29, 1.82) is 0 Å². The van der Waals surface area contributed by atoms with Crippen molar-refractivity contribution in [2.75, 3.05) is 0 Å². The molecule has 4 aliphatic heterocycles. The number of ether oxygens (including phenoxy) is 3. The second-order valence-corrected chi connectivity index (χ2v) is 10.1. The maximum atomic E-state index is 13.0. The smallest absolute Gasteiger partial charge is 0.342 e. The molecule has 0 N–H and O–H groups in total. The summed E-state index contributed by atoms with van der Waals surface area (Å²) in [4.78, 5) is 29.4. The topological polar surface area (TPSA) is 76.1 Å². The Morgan fingerprint density at radius 1 is 1.12 bits per heavy atom. The first-order valence-corrected chi connectivity index (χ1v) is 11.7. The molecule has 0 radical (unpaired) electrons. The summed E-state index contributed by atoms with van der Waals surface area (Å²) in [5.74, 6) is -0.487. The number of hydrogen-bond acceptors (Lipinski definition) is 7.